The van der Waals surface area contributed by atoms with Crippen molar-refractivity contribution in [2.45, 2.75) is 108 Å². The van der Waals surface area contributed by atoms with Crippen LogP contribution in [0.25, 0.3) is 50.4 Å². The van der Waals surface area contributed by atoms with Crippen molar-refractivity contribution in [2.24, 2.45) is 5.92 Å². The van der Waals surface area contributed by atoms with Gasteiger partial charge in [0.05, 0.1) is 38.1 Å². The van der Waals surface area contributed by atoms with Crippen LogP contribution in [0, 0.1) is 5.92 Å². The molecule has 4 aromatic carbocycles. The van der Waals surface area contributed by atoms with Gasteiger partial charge in [0.15, 0.2) is 0 Å². The molecule has 6 heterocycles. The zero-order chi connectivity index (χ0) is 62.7. The van der Waals surface area contributed by atoms with E-state index in [1.807, 2.05) is 74.4 Å². The Kier molecular flexibility index (Phi) is 17.8. The number of carbonyl (C=O) groups excluding carboxylic acids is 4. The molecular formula is C66H84N10O10S2. The van der Waals surface area contributed by atoms with Gasteiger partial charge in [0.1, 0.15) is 11.5 Å². The summed E-state index contributed by atoms with van der Waals surface area (Å²) in [5.41, 5.74) is 11.6. The summed E-state index contributed by atoms with van der Waals surface area (Å²) in [4.78, 5) is 62.6. The normalized spacial score (nSPS) is 18.5. The number of rotatable bonds is 14. The molecular weight excluding hydrogens is 1160 g/mol. The topological polar surface area (TPSA) is 208 Å². The van der Waals surface area contributed by atoms with Gasteiger partial charge in [-0.3, -0.25) is 19.2 Å². The fraction of sp³-hybridized carbons (Fsp3) is 0.485. The van der Waals surface area contributed by atoms with Gasteiger partial charge in [0.25, 0.3) is 17.7 Å². The van der Waals surface area contributed by atoms with E-state index >= 15 is 0 Å². The van der Waals surface area contributed by atoms with Crippen LogP contribution in [0.3, 0.4) is 0 Å². The molecule has 2 saturated heterocycles. The maximum Gasteiger partial charge on any atom is 0.303 e. The number of carbonyl (C=O) groups is 4. The molecule has 12 rings (SSSR count). The Morgan fingerprint density at radius 3 is 1.49 bits per heavy atom. The largest absolute Gasteiger partial charge is 0.497 e. The number of nitrogens with zero attached hydrogens (tertiary/aromatic N) is 8. The molecule has 0 bridgehead atoms. The lowest BCUT2D eigenvalue weighted by molar-refractivity contribution is -0.142. The summed E-state index contributed by atoms with van der Waals surface area (Å²) in [5, 5.41) is 2.09. The maximum absolute atomic E-state index is 14.0. The first-order chi connectivity index (χ1) is 42.0. The Morgan fingerprint density at radius 1 is 0.534 bits per heavy atom. The van der Waals surface area contributed by atoms with Crippen molar-refractivity contribution in [1.29, 1.82) is 0 Å². The summed E-state index contributed by atoms with van der Waals surface area (Å²) in [7, 11) is 9.04. The number of methoxy groups -OCH3 is 2. The predicted molar refractivity (Wildman–Crippen MR) is 343 cm³/mol. The van der Waals surface area contributed by atoms with E-state index in [1.54, 1.807) is 38.5 Å². The van der Waals surface area contributed by atoms with E-state index in [1.165, 1.54) is 52.2 Å². The lowest BCUT2D eigenvalue weighted by atomic mass is 9.81. The minimum absolute atomic E-state index is 0.00300. The molecule has 6 aliphatic rings. The van der Waals surface area contributed by atoms with E-state index in [0.29, 0.717) is 80.9 Å². The number of hydrogen-bond acceptors (Lipinski definition) is 12. The third kappa shape index (κ3) is 12.1. The number of ether oxygens (including phenoxy) is 2. The third-order valence-corrected chi connectivity index (χ3v) is 22.0. The molecule has 4 fully saturated rings. The zero-order valence-electron chi connectivity index (χ0n) is 52.4. The smallest absolute Gasteiger partial charge is 0.303 e. The molecule has 1 unspecified atom stereocenters. The highest BCUT2D eigenvalue weighted by molar-refractivity contribution is 7.88. The Morgan fingerprint density at radius 2 is 1.00 bits per heavy atom. The van der Waals surface area contributed by atoms with Crippen molar-refractivity contribution in [2.75, 3.05) is 96.8 Å². The number of nitrogens with one attached hydrogen (secondary N) is 2. The van der Waals surface area contributed by atoms with Gasteiger partial charge in [-0.05, 0) is 161 Å². The summed E-state index contributed by atoms with van der Waals surface area (Å²) in [6, 6.07) is 23.8. The Labute approximate surface area is 517 Å². The van der Waals surface area contributed by atoms with Gasteiger partial charge >= 0.3 is 20.4 Å². The molecule has 2 aliphatic carbocycles. The van der Waals surface area contributed by atoms with E-state index in [9.17, 15) is 36.0 Å². The van der Waals surface area contributed by atoms with Gasteiger partial charge < -0.3 is 38.2 Å². The lowest BCUT2D eigenvalue weighted by Gasteiger charge is -2.44. The monoisotopic (exact) mass is 1240 g/mol. The number of amides is 4. The SMILES string of the molecule is COc1ccc2c(c1)C=C(C(=O)N1CC(N(C)C)C1)Cn1c-2c(C2CCCCC2)c2ccc(C(=O)NS(=O)(=O)N(C)C)cc21.COc1ccc2c(c1)CC(C(=O)N1CC(N(C)C)C1)Cn1c-2c(C2CCCCC2)c2ccc(C(=O)NS(=O)(=O)N(C)C)cc21. The standard InChI is InChI=1S/C33H43N5O5S.C33H41N5O5S/c2*1-35(2)25-19-37(20-25)33(40)24-15-23-16-26(43-5)12-14-27(23)31-30(21-9-7-6-8-10-21)28-13-11-22(17-29(28)38(31)18-24)32(39)34-44(41,42)36(3)4/h11-14,16-17,21,24-25H,6-10,15,18-20H2,1-5H3,(H,34,39);11-17,21,25H,6-10,18-20H2,1-5H3,(H,34,39). The first-order valence-corrected chi connectivity index (χ1v) is 33.6. The second kappa shape index (κ2) is 25.1. The van der Waals surface area contributed by atoms with Crippen molar-refractivity contribution in [1.82, 2.24) is 46.8 Å². The minimum Gasteiger partial charge on any atom is -0.497 e. The van der Waals surface area contributed by atoms with Gasteiger partial charge in [-0.15, -0.1) is 0 Å². The van der Waals surface area contributed by atoms with Crippen LogP contribution < -0.4 is 18.9 Å². The fourth-order valence-electron chi connectivity index (χ4n) is 13.8. The van der Waals surface area contributed by atoms with Crippen LogP contribution in [0.15, 0.2) is 78.4 Å². The van der Waals surface area contributed by atoms with Crippen molar-refractivity contribution in [3.8, 4) is 34.0 Å². The summed E-state index contributed by atoms with van der Waals surface area (Å²) in [5.74, 6) is 0.618. The Balaban J connectivity index is 0.000000182. The second-order valence-corrected chi connectivity index (χ2v) is 29.3. The Bertz CT molecular complexity index is 3950. The molecule has 88 heavy (non-hydrogen) atoms. The number of benzene rings is 4. The molecule has 4 aliphatic heterocycles. The van der Waals surface area contributed by atoms with Crippen LogP contribution in [0.2, 0.25) is 0 Å². The van der Waals surface area contributed by atoms with Gasteiger partial charge in [-0.2, -0.15) is 25.4 Å². The lowest BCUT2D eigenvalue weighted by Crippen LogP contribution is -2.60. The average Bonchev–Trinajstić information content (AvgIpc) is 1.64. The quantitative estimate of drug-likeness (QED) is 0.107. The molecule has 22 heteroatoms. The first kappa shape index (κ1) is 62.5. The Hall–Kier alpha value is -7.08. The summed E-state index contributed by atoms with van der Waals surface area (Å²) >= 11 is 0. The molecule has 470 valence electrons. The minimum atomic E-state index is -3.96. The van der Waals surface area contributed by atoms with Gasteiger partial charge in [0.2, 0.25) is 5.91 Å². The van der Waals surface area contributed by atoms with Gasteiger partial charge in [0, 0.05) is 123 Å². The molecule has 2 N–H and O–H groups in total. The fourth-order valence-corrected chi connectivity index (χ4v) is 14.9. The highest BCUT2D eigenvalue weighted by Gasteiger charge is 2.40. The molecule has 1 atom stereocenters. The van der Waals surface area contributed by atoms with Crippen LogP contribution >= 0.6 is 0 Å². The predicted octanol–water partition coefficient (Wildman–Crippen LogP) is 7.92. The van der Waals surface area contributed by atoms with E-state index in [4.69, 9.17) is 9.47 Å². The van der Waals surface area contributed by atoms with Crippen LogP contribution in [0.4, 0.5) is 0 Å². The summed E-state index contributed by atoms with van der Waals surface area (Å²) < 4.78 is 71.8. The average molecular weight is 1240 g/mol. The van der Waals surface area contributed by atoms with E-state index in [2.05, 4.69) is 46.6 Å². The number of likely N-dealkylation sites (tertiary alicyclic amines) is 2. The van der Waals surface area contributed by atoms with Gasteiger partial charge in [-0.25, -0.2) is 9.44 Å². The van der Waals surface area contributed by atoms with E-state index in [0.717, 1.165) is 121 Å². The van der Waals surface area contributed by atoms with Crippen LogP contribution in [-0.2, 0) is 49.5 Å². The third-order valence-electron chi connectivity index (χ3n) is 19.2. The zero-order valence-corrected chi connectivity index (χ0v) is 54.0. The number of aromatic nitrogens is 2. The number of fused-ring (bicyclic) bond motifs is 10. The number of hydrogen-bond donors (Lipinski definition) is 2. The van der Waals surface area contributed by atoms with Crippen molar-refractivity contribution >= 4 is 71.9 Å². The maximum atomic E-state index is 14.0. The molecule has 2 aromatic heterocycles. The van der Waals surface area contributed by atoms with Crippen LogP contribution in [0.5, 0.6) is 11.5 Å². The first-order valence-electron chi connectivity index (χ1n) is 30.7. The molecule has 2 saturated carbocycles. The molecule has 4 amide bonds. The highest BCUT2D eigenvalue weighted by atomic mass is 32.2. The molecule has 0 radical (unpaired) electrons. The van der Waals surface area contributed by atoms with Crippen LogP contribution in [-0.4, -0.2) is 187 Å². The summed E-state index contributed by atoms with van der Waals surface area (Å²) in [6.45, 7) is 3.57. The molecule has 20 nitrogen and oxygen atoms in total. The molecule has 6 aromatic rings. The van der Waals surface area contributed by atoms with Crippen molar-refractivity contribution in [3.05, 3.63) is 112 Å². The van der Waals surface area contributed by atoms with Crippen LogP contribution in [0.1, 0.15) is 119 Å². The van der Waals surface area contributed by atoms with E-state index < -0.39 is 32.2 Å². The van der Waals surface area contributed by atoms with Crippen molar-refractivity contribution < 1.29 is 45.5 Å². The summed E-state index contributed by atoms with van der Waals surface area (Å²) in [6.07, 6.45) is 14.0. The highest BCUT2D eigenvalue weighted by Crippen LogP contribution is 2.50. The second-order valence-electron chi connectivity index (χ2n) is 25.5. The van der Waals surface area contributed by atoms with E-state index in [-0.39, 0.29) is 28.9 Å². The number of likely N-dealkylation sites (N-methyl/N-ethyl adjacent to an activating group) is 2. The van der Waals surface area contributed by atoms with Crippen molar-refractivity contribution in [3.63, 3.8) is 0 Å². The van der Waals surface area contributed by atoms with Gasteiger partial charge in [-0.1, -0.05) is 50.7 Å². The molecule has 0 spiro atoms.